The first-order valence-electron chi connectivity index (χ1n) is 6.47. The van der Waals surface area contributed by atoms with E-state index < -0.39 is 0 Å². The topological polar surface area (TPSA) is 18.5 Å². The van der Waals surface area contributed by atoms with E-state index in [9.17, 15) is 0 Å². The Labute approximate surface area is 101 Å². The lowest BCUT2D eigenvalue weighted by atomic mass is 9.73. The Morgan fingerprint density at radius 2 is 2.06 bits per heavy atom. The molecule has 1 aliphatic heterocycles. The van der Waals surface area contributed by atoms with Crippen molar-refractivity contribution in [3.63, 3.8) is 0 Å². The summed E-state index contributed by atoms with van der Waals surface area (Å²) in [7, 11) is 6.37. The molecule has 3 heteroatoms. The van der Waals surface area contributed by atoms with Crippen LogP contribution in [0.2, 0.25) is 0 Å². The number of nitrogens with one attached hydrogen (secondary N) is 1. The van der Waals surface area contributed by atoms with Crippen molar-refractivity contribution >= 4 is 0 Å². The summed E-state index contributed by atoms with van der Waals surface area (Å²) < 4.78 is 0. The fourth-order valence-corrected chi connectivity index (χ4v) is 2.43. The summed E-state index contributed by atoms with van der Waals surface area (Å²) in [5.41, 5.74) is 0.498. The first-order chi connectivity index (χ1) is 7.45. The quantitative estimate of drug-likeness (QED) is 0.759. The van der Waals surface area contributed by atoms with E-state index in [1.165, 1.54) is 32.6 Å². The van der Waals surface area contributed by atoms with Crippen LogP contribution in [-0.4, -0.2) is 63.7 Å². The minimum Gasteiger partial charge on any atom is -0.319 e. The summed E-state index contributed by atoms with van der Waals surface area (Å²) in [4.78, 5) is 4.89. The number of likely N-dealkylation sites (N-methyl/N-ethyl adjacent to an activating group) is 1. The molecule has 0 aromatic heterocycles. The van der Waals surface area contributed by atoms with Crippen LogP contribution in [0.5, 0.6) is 0 Å². The van der Waals surface area contributed by atoms with Crippen LogP contribution >= 0.6 is 0 Å². The lowest BCUT2D eigenvalue weighted by Gasteiger charge is -2.44. The van der Waals surface area contributed by atoms with Crippen molar-refractivity contribution in [2.24, 2.45) is 11.3 Å². The van der Waals surface area contributed by atoms with Crippen LogP contribution in [0.15, 0.2) is 0 Å². The summed E-state index contributed by atoms with van der Waals surface area (Å²) in [6.07, 6.45) is 1.33. The van der Waals surface area contributed by atoms with Crippen LogP contribution in [0.1, 0.15) is 20.3 Å². The average molecular weight is 227 g/mol. The zero-order valence-corrected chi connectivity index (χ0v) is 11.7. The normalized spacial score (nSPS) is 26.2. The summed E-state index contributed by atoms with van der Waals surface area (Å²) in [5.74, 6) is 0.786. The highest BCUT2D eigenvalue weighted by atomic mass is 15.2. The fourth-order valence-electron chi connectivity index (χ4n) is 2.43. The second kappa shape index (κ2) is 5.99. The standard InChI is InChI=1S/C13H29N3/c1-13(2)6-7-16(9-8-15(4)5)11-12(13)10-14-3/h12,14H,6-11H2,1-5H3. The van der Waals surface area contributed by atoms with Crippen molar-refractivity contribution in [1.82, 2.24) is 15.1 Å². The molecule has 0 amide bonds. The molecule has 0 aliphatic carbocycles. The van der Waals surface area contributed by atoms with Crippen LogP contribution < -0.4 is 5.32 Å². The Morgan fingerprint density at radius 3 is 2.62 bits per heavy atom. The smallest absolute Gasteiger partial charge is 0.0109 e. The molecule has 1 N–H and O–H groups in total. The predicted molar refractivity (Wildman–Crippen MR) is 70.8 cm³/mol. The molecule has 96 valence electrons. The van der Waals surface area contributed by atoms with Gasteiger partial charge in [0.15, 0.2) is 0 Å². The average Bonchev–Trinajstić information content (AvgIpc) is 2.19. The maximum Gasteiger partial charge on any atom is 0.0109 e. The molecule has 0 saturated carbocycles. The van der Waals surface area contributed by atoms with E-state index in [1.54, 1.807) is 0 Å². The molecule has 1 rings (SSSR count). The molecule has 0 aromatic carbocycles. The van der Waals surface area contributed by atoms with Gasteiger partial charge in [0.1, 0.15) is 0 Å². The molecule has 1 fully saturated rings. The van der Waals surface area contributed by atoms with Gasteiger partial charge in [0.05, 0.1) is 0 Å². The largest absolute Gasteiger partial charge is 0.319 e. The molecule has 0 spiro atoms. The SMILES string of the molecule is CNCC1CN(CCN(C)C)CCC1(C)C. The number of likely N-dealkylation sites (tertiary alicyclic amines) is 1. The van der Waals surface area contributed by atoms with Gasteiger partial charge in [0.25, 0.3) is 0 Å². The molecule has 1 atom stereocenters. The van der Waals surface area contributed by atoms with Crippen molar-refractivity contribution in [3.8, 4) is 0 Å². The van der Waals surface area contributed by atoms with Crippen molar-refractivity contribution in [3.05, 3.63) is 0 Å². The zero-order valence-electron chi connectivity index (χ0n) is 11.7. The van der Waals surface area contributed by atoms with Gasteiger partial charge in [-0.05, 0) is 52.0 Å². The van der Waals surface area contributed by atoms with E-state index in [-0.39, 0.29) is 0 Å². The molecular formula is C13H29N3. The van der Waals surface area contributed by atoms with Crippen molar-refractivity contribution in [2.75, 3.05) is 53.9 Å². The molecule has 3 nitrogen and oxygen atoms in total. The van der Waals surface area contributed by atoms with E-state index in [2.05, 4.69) is 50.1 Å². The van der Waals surface area contributed by atoms with Crippen molar-refractivity contribution in [1.29, 1.82) is 0 Å². The van der Waals surface area contributed by atoms with Crippen LogP contribution in [-0.2, 0) is 0 Å². The third-order valence-electron chi connectivity index (χ3n) is 3.97. The summed E-state index contributed by atoms with van der Waals surface area (Å²) >= 11 is 0. The van der Waals surface area contributed by atoms with Gasteiger partial charge in [-0.3, -0.25) is 0 Å². The van der Waals surface area contributed by atoms with Crippen LogP contribution in [0.4, 0.5) is 0 Å². The van der Waals surface area contributed by atoms with Gasteiger partial charge in [-0.2, -0.15) is 0 Å². The molecule has 16 heavy (non-hydrogen) atoms. The minimum absolute atomic E-state index is 0.498. The van der Waals surface area contributed by atoms with E-state index in [0.29, 0.717) is 5.41 Å². The van der Waals surface area contributed by atoms with Crippen molar-refractivity contribution in [2.45, 2.75) is 20.3 Å². The first-order valence-corrected chi connectivity index (χ1v) is 6.47. The number of rotatable bonds is 5. The first kappa shape index (κ1) is 13.9. The maximum absolute atomic E-state index is 3.34. The van der Waals surface area contributed by atoms with Gasteiger partial charge >= 0.3 is 0 Å². The van der Waals surface area contributed by atoms with Gasteiger partial charge in [0.2, 0.25) is 0 Å². The second-order valence-electron chi connectivity index (χ2n) is 6.10. The molecule has 0 aromatic rings. The molecule has 0 radical (unpaired) electrons. The Morgan fingerprint density at radius 1 is 1.38 bits per heavy atom. The predicted octanol–water partition coefficient (Wildman–Crippen LogP) is 1.12. The van der Waals surface area contributed by atoms with Gasteiger partial charge in [-0.1, -0.05) is 13.8 Å². The van der Waals surface area contributed by atoms with Crippen molar-refractivity contribution < 1.29 is 0 Å². The van der Waals surface area contributed by atoms with E-state index >= 15 is 0 Å². The Hall–Kier alpha value is -0.120. The van der Waals surface area contributed by atoms with E-state index in [4.69, 9.17) is 0 Å². The van der Waals surface area contributed by atoms with Gasteiger partial charge in [-0.15, -0.1) is 0 Å². The Bertz CT molecular complexity index is 199. The number of hydrogen-bond donors (Lipinski definition) is 1. The molecule has 0 bridgehead atoms. The second-order valence-corrected chi connectivity index (χ2v) is 6.10. The van der Waals surface area contributed by atoms with Crippen LogP contribution in [0.25, 0.3) is 0 Å². The molecule has 1 aliphatic rings. The van der Waals surface area contributed by atoms with Gasteiger partial charge in [0, 0.05) is 19.6 Å². The highest BCUT2D eigenvalue weighted by Crippen LogP contribution is 2.34. The van der Waals surface area contributed by atoms with Crippen LogP contribution in [0, 0.1) is 11.3 Å². The molecular weight excluding hydrogens is 198 g/mol. The minimum atomic E-state index is 0.498. The summed E-state index contributed by atoms with van der Waals surface area (Å²) in [5, 5.41) is 3.34. The maximum atomic E-state index is 3.34. The monoisotopic (exact) mass is 227 g/mol. The zero-order chi connectivity index (χ0) is 12.2. The summed E-state index contributed by atoms with van der Waals surface area (Å²) in [6.45, 7) is 10.9. The highest BCUT2D eigenvalue weighted by molar-refractivity contribution is 4.87. The lowest BCUT2D eigenvalue weighted by molar-refractivity contribution is 0.0576. The molecule has 1 heterocycles. The summed E-state index contributed by atoms with van der Waals surface area (Å²) in [6, 6.07) is 0. The van der Waals surface area contributed by atoms with E-state index in [0.717, 1.165) is 12.5 Å². The number of nitrogens with zero attached hydrogens (tertiary/aromatic N) is 2. The number of piperidine rings is 1. The highest BCUT2D eigenvalue weighted by Gasteiger charge is 2.34. The van der Waals surface area contributed by atoms with Crippen LogP contribution in [0.3, 0.4) is 0 Å². The Balaban J connectivity index is 2.42. The lowest BCUT2D eigenvalue weighted by Crippen LogP contribution is -2.49. The third kappa shape index (κ3) is 4.04. The van der Waals surface area contributed by atoms with Gasteiger partial charge < -0.3 is 15.1 Å². The number of hydrogen-bond acceptors (Lipinski definition) is 3. The van der Waals surface area contributed by atoms with E-state index in [1.807, 2.05) is 0 Å². The fraction of sp³-hybridized carbons (Fsp3) is 1.00. The Kier molecular flexibility index (Phi) is 5.22. The van der Waals surface area contributed by atoms with Gasteiger partial charge in [-0.25, -0.2) is 0 Å². The molecule has 1 unspecified atom stereocenters. The molecule has 1 saturated heterocycles. The third-order valence-corrected chi connectivity index (χ3v) is 3.97.